The highest BCUT2D eigenvalue weighted by Crippen LogP contribution is 2.06. The van der Waals surface area contributed by atoms with E-state index in [2.05, 4.69) is 5.10 Å². The van der Waals surface area contributed by atoms with Crippen LogP contribution in [0.2, 0.25) is 0 Å². The lowest BCUT2D eigenvalue weighted by atomic mass is 10.2. The van der Waals surface area contributed by atoms with E-state index in [4.69, 9.17) is 9.84 Å². The van der Waals surface area contributed by atoms with Crippen molar-refractivity contribution >= 4 is 5.97 Å². The molecule has 1 aromatic rings. The summed E-state index contributed by atoms with van der Waals surface area (Å²) in [5.74, 6) is -1.68. The summed E-state index contributed by atoms with van der Waals surface area (Å²) in [4.78, 5) is 10.3. The predicted molar refractivity (Wildman–Crippen MR) is 45.4 cm³/mol. The van der Waals surface area contributed by atoms with Crippen molar-refractivity contribution in [2.24, 2.45) is 0 Å². The Bertz CT molecular complexity index is 324. The third kappa shape index (κ3) is 2.53. The molecule has 0 saturated carbocycles. The number of carboxylic acids is 1. The fourth-order valence-corrected chi connectivity index (χ4v) is 1.02. The number of halogens is 1. The molecular formula is C8H11FN2O3. The Hall–Kier alpha value is -1.43. The van der Waals surface area contributed by atoms with E-state index in [9.17, 15) is 9.18 Å². The van der Waals surface area contributed by atoms with Crippen LogP contribution in [0.3, 0.4) is 0 Å². The van der Waals surface area contributed by atoms with Crippen molar-refractivity contribution in [2.75, 3.05) is 13.7 Å². The van der Waals surface area contributed by atoms with Crippen molar-refractivity contribution in [3.05, 3.63) is 17.7 Å². The van der Waals surface area contributed by atoms with Crippen LogP contribution in [0.5, 0.6) is 0 Å². The van der Waals surface area contributed by atoms with E-state index in [0.717, 1.165) is 4.68 Å². The molecule has 0 aliphatic heterocycles. The van der Waals surface area contributed by atoms with Gasteiger partial charge in [-0.25, -0.2) is 4.68 Å². The minimum absolute atomic E-state index is 0.0913. The van der Waals surface area contributed by atoms with Gasteiger partial charge in [0.25, 0.3) is 0 Å². The largest absolute Gasteiger partial charge is 0.481 e. The van der Waals surface area contributed by atoms with E-state index in [1.807, 2.05) is 0 Å². The second-order valence-corrected chi connectivity index (χ2v) is 2.75. The molecule has 0 aliphatic carbocycles. The Labute approximate surface area is 80.1 Å². The summed E-state index contributed by atoms with van der Waals surface area (Å²) in [6.07, 6.45) is 0.873. The molecule has 6 heteroatoms. The lowest BCUT2D eigenvalue weighted by molar-refractivity contribution is -0.136. The van der Waals surface area contributed by atoms with E-state index in [-0.39, 0.29) is 18.5 Å². The maximum Gasteiger partial charge on any atom is 0.308 e. The first kappa shape index (κ1) is 10.6. The molecule has 1 rings (SSSR count). The standard InChI is InChI=1S/C8H11FN2O3/c1-14-3-2-11-8(9)6(5-10-11)4-7(12)13/h5H,2-4H2,1H3,(H,12,13). The summed E-state index contributed by atoms with van der Waals surface area (Å²) in [5, 5.41) is 12.2. The van der Waals surface area contributed by atoms with Gasteiger partial charge in [0.05, 0.1) is 25.8 Å². The molecule has 0 bridgehead atoms. The topological polar surface area (TPSA) is 64.4 Å². The summed E-state index contributed by atoms with van der Waals surface area (Å²) in [6.45, 7) is 0.618. The summed E-state index contributed by atoms with van der Waals surface area (Å²) >= 11 is 0. The fourth-order valence-electron chi connectivity index (χ4n) is 1.02. The molecule has 14 heavy (non-hydrogen) atoms. The van der Waals surface area contributed by atoms with Crippen LogP contribution in [0.15, 0.2) is 6.20 Å². The van der Waals surface area contributed by atoms with Gasteiger partial charge >= 0.3 is 5.97 Å². The number of aliphatic carboxylic acids is 1. The first-order valence-electron chi connectivity index (χ1n) is 4.06. The Morgan fingerprint density at radius 1 is 1.79 bits per heavy atom. The number of carboxylic acid groups (broad SMARTS) is 1. The summed E-state index contributed by atoms with van der Waals surface area (Å²) < 4.78 is 19.1. The van der Waals surface area contributed by atoms with Gasteiger partial charge in [0.15, 0.2) is 0 Å². The van der Waals surface area contributed by atoms with E-state index in [0.29, 0.717) is 6.61 Å². The van der Waals surface area contributed by atoms with Gasteiger partial charge in [-0.05, 0) is 0 Å². The first-order valence-corrected chi connectivity index (χ1v) is 4.06. The number of hydrogen-bond acceptors (Lipinski definition) is 3. The predicted octanol–water partition coefficient (Wildman–Crippen LogP) is 0.296. The molecule has 0 fully saturated rings. The van der Waals surface area contributed by atoms with Gasteiger partial charge in [-0.1, -0.05) is 0 Å². The van der Waals surface area contributed by atoms with Crippen molar-refractivity contribution in [1.82, 2.24) is 9.78 Å². The molecule has 0 spiro atoms. The molecule has 1 heterocycles. The Balaban J connectivity index is 2.69. The third-order valence-corrected chi connectivity index (χ3v) is 1.69. The van der Waals surface area contributed by atoms with Crippen molar-refractivity contribution in [1.29, 1.82) is 0 Å². The van der Waals surface area contributed by atoms with Crippen molar-refractivity contribution in [2.45, 2.75) is 13.0 Å². The highest BCUT2D eigenvalue weighted by atomic mass is 19.1. The molecule has 1 N–H and O–H groups in total. The fraction of sp³-hybridized carbons (Fsp3) is 0.500. The number of hydrogen-bond donors (Lipinski definition) is 1. The zero-order chi connectivity index (χ0) is 10.6. The minimum atomic E-state index is -1.07. The average Bonchev–Trinajstić information content (AvgIpc) is 2.45. The molecule has 0 amide bonds. The van der Waals surface area contributed by atoms with Crippen LogP contribution in [0, 0.1) is 5.95 Å². The third-order valence-electron chi connectivity index (χ3n) is 1.69. The van der Waals surface area contributed by atoms with Crippen molar-refractivity contribution < 1.29 is 19.0 Å². The summed E-state index contributed by atoms with van der Waals surface area (Å²) in [7, 11) is 1.50. The van der Waals surface area contributed by atoms with Crippen molar-refractivity contribution in [3.8, 4) is 0 Å². The Kier molecular flexibility index (Phi) is 3.58. The van der Waals surface area contributed by atoms with Crippen LogP contribution < -0.4 is 0 Å². The van der Waals surface area contributed by atoms with Gasteiger partial charge in [-0.15, -0.1) is 0 Å². The second kappa shape index (κ2) is 4.71. The smallest absolute Gasteiger partial charge is 0.308 e. The molecule has 0 unspecified atom stereocenters. The lowest BCUT2D eigenvalue weighted by Crippen LogP contribution is -2.09. The number of ether oxygens (including phenoxy) is 1. The molecule has 0 saturated heterocycles. The minimum Gasteiger partial charge on any atom is -0.481 e. The number of rotatable bonds is 5. The van der Waals surface area contributed by atoms with Crippen molar-refractivity contribution in [3.63, 3.8) is 0 Å². The van der Waals surface area contributed by atoms with E-state index < -0.39 is 11.9 Å². The van der Waals surface area contributed by atoms with Gasteiger partial charge in [-0.3, -0.25) is 4.79 Å². The second-order valence-electron chi connectivity index (χ2n) is 2.75. The molecule has 0 atom stereocenters. The Morgan fingerprint density at radius 3 is 3.07 bits per heavy atom. The maximum atomic E-state index is 13.3. The van der Waals surface area contributed by atoms with E-state index >= 15 is 0 Å². The quantitative estimate of drug-likeness (QED) is 0.745. The van der Waals surface area contributed by atoms with Gasteiger partial charge in [0.1, 0.15) is 0 Å². The SMILES string of the molecule is COCCn1ncc(CC(=O)O)c1F. The highest BCUT2D eigenvalue weighted by Gasteiger charge is 2.12. The molecular weight excluding hydrogens is 191 g/mol. The Morgan fingerprint density at radius 2 is 2.50 bits per heavy atom. The zero-order valence-corrected chi connectivity index (χ0v) is 7.73. The van der Waals surface area contributed by atoms with Crippen LogP contribution in [0.4, 0.5) is 4.39 Å². The van der Waals surface area contributed by atoms with Crippen LogP contribution in [0.25, 0.3) is 0 Å². The molecule has 5 nitrogen and oxygen atoms in total. The average molecular weight is 202 g/mol. The summed E-state index contributed by atoms with van der Waals surface area (Å²) in [6, 6.07) is 0. The molecule has 78 valence electrons. The number of carbonyl (C=O) groups is 1. The van der Waals surface area contributed by atoms with E-state index in [1.165, 1.54) is 13.3 Å². The van der Waals surface area contributed by atoms with Gasteiger partial charge in [-0.2, -0.15) is 9.49 Å². The number of methoxy groups -OCH3 is 1. The van der Waals surface area contributed by atoms with E-state index in [1.54, 1.807) is 0 Å². The highest BCUT2D eigenvalue weighted by molar-refractivity contribution is 5.69. The maximum absolute atomic E-state index is 13.3. The summed E-state index contributed by atoms with van der Waals surface area (Å²) in [5.41, 5.74) is 0.0913. The lowest BCUT2D eigenvalue weighted by Gasteiger charge is -2.00. The molecule has 0 aliphatic rings. The van der Waals surface area contributed by atoms with Crippen LogP contribution >= 0.6 is 0 Å². The van der Waals surface area contributed by atoms with Crippen LogP contribution in [-0.4, -0.2) is 34.6 Å². The normalized spacial score (nSPS) is 10.4. The number of nitrogens with zero attached hydrogens (tertiary/aromatic N) is 2. The molecule has 1 aromatic heterocycles. The van der Waals surface area contributed by atoms with Gasteiger partial charge in [0.2, 0.25) is 5.95 Å². The number of aromatic nitrogens is 2. The zero-order valence-electron chi connectivity index (χ0n) is 7.73. The molecule has 0 radical (unpaired) electrons. The van der Waals surface area contributed by atoms with Crippen LogP contribution in [-0.2, 0) is 22.5 Å². The van der Waals surface area contributed by atoms with Crippen LogP contribution in [0.1, 0.15) is 5.56 Å². The van der Waals surface area contributed by atoms with Gasteiger partial charge in [0, 0.05) is 12.7 Å². The monoisotopic (exact) mass is 202 g/mol. The van der Waals surface area contributed by atoms with Gasteiger partial charge < -0.3 is 9.84 Å². The molecule has 0 aromatic carbocycles. The first-order chi connectivity index (χ1) is 6.65.